The summed E-state index contributed by atoms with van der Waals surface area (Å²) in [5.41, 5.74) is 0. The van der Waals surface area contributed by atoms with E-state index in [1.165, 1.54) is 0 Å². The number of likely N-dealkylation sites (N-methyl/N-ethyl adjacent to an activating group) is 1. The van der Waals surface area contributed by atoms with Crippen LogP contribution in [-0.2, 0) is 14.3 Å². The maximum absolute atomic E-state index is 11.6. The Morgan fingerprint density at radius 3 is 2.41 bits per heavy atom. The molecule has 102 valence electrons. The van der Waals surface area contributed by atoms with Crippen molar-refractivity contribution in [2.24, 2.45) is 5.92 Å². The molecule has 0 aromatic heterocycles. The first-order valence-corrected chi connectivity index (χ1v) is 5.98. The summed E-state index contributed by atoms with van der Waals surface area (Å²) in [7, 11) is 5.60. The Balaban J connectivity index is 3.87. The monoisotopic (exact) mass is 246 g/mol. The van der Waals surface area contributed by atoms with Gasteiger partial charge in [-0.2, -0.15) is 0 Å². The van der Waals surface area contributed by atoms with E-state index in [1.54, 1.807) is 7.11 Å². The van der Waals surface area contributed by atoms with Crippen molar-refractivity contribution in [1.29, 1.82) is 0 Å². The molecule has 0 saturated heterocycles. The van der Waals surface area contributed by atoms with E-state index in [4.69, 9.17) is 9.47 Å². The van der Waals surface area contributed by atoms with E-state index in [1.807, 2.05) is 14.1 Å². The van der Waals surface area contributed by atoms with Gasteiger partial charge in [-0.1, -0.05) is 13.8 Å². The highest BCUT2D eigenvalue weighted by Gasteiger charge is 2.16. The molecule has 0 fully saturated rings. The lowest BCUT2D eigenvalue weighted by Crippen LogP contribution is -2.46. The van der Waals surface area contributed by atoms with Gasteiger partial charge < -0.3 is 19.7 Å². The van der Waals surface area contributed by atoms with E-state index < -0.39 is 0 Å². The molecule has 0 spiro atoms. The minimum absolute atomic E-state index is 0.0679. The molecule has 0 aliphatic heterocycles. The van der Waals surface area contributed by atoms with Crippen LogP contribution in [0.4, 0.5) is 0 Å². The van der Waals surface area contributed by atoms with Gasteiger partial charge >= 0.3 is 0 Å². The number of carbonyl (C=O) groups is 1. The number of rotatable bonds is 9. The first-order valence-electron chi connectivity index (χ1n) is 5.98. The molecule has 0 radical (unpaired) electrons. The minimum Gasteiger partial charge on any atom is -0.382 e. The van der Waals surface area contributed by atoms with E-state index >= 15 is 0 Å². The van der Waals surface area contributed by atoms with Crippen molar-refractivity contribution in [1.82, 2.24) is 10.2 Å². The van der Waals surface area contributed by atoms with Crippen LogP contribution in [0.1, 0.15) is 13.8 Å². The van der Waals surface area contributed by atoms with E-state index in [9.17, 15) is 4.79 Å². The molecule has 0 aliphatic carbocycles. The first kappa shape index (κ1) is 16.4. The molecule has 1 unspecified atom stereocenters. The molecule has 1 N–H and O–H groups in total. The van der Waals surface area contributed by atoms with Gasteiger partial charge in [0, 0.05) is 19.7 Å². The number of hydrogen-bond acceptors (Lipinski definition) is 4. The molecule has 0 saturated carbocycles. The number of amides is 1. The summed E-state index contributed by atoms with van der Waals surface area (Å²) in [5, 5.41) is 2.98. The van der Waals surface area contributed by atoms with E-state index in [0.717, 1.165) is 6.54 Å². The summed E-state index contributed by atoms with van der Waals surface area (Å²) in [4.78, 5) is 13.7. The predicted octanol–water partition coefficient (Wildman–Crippen LogP) is 0.352. The Morgan fingerprint density at radius 2 is 1.94 bits per heavy atom. The van der Waals surface area contributed by atoms with E-state index in [0.29, 0.717) is 19.1 Å². The van der Waals surface area contributed by atoms with Crippen LogP contribution < -0.4 is 5.32 Å². The predicted molar refractivity (Wildman–Crippen MR) is 68.0 cm³/mol. The largest absolute Gasteiger partial charge is 0.382 e. The van der Waals surface area contributed by atoms with Crippen LogP contribution in [0.3, 0.4) is 0 Å². The van der Waals surface area contributed by atoms with Gasteiger partial charge in [0.05, 0.1) is 13.2 Å². The maximum atomic E-state index is 11.6. The van der Waals surface area contributed by atoms with Crippen molar-refractivity contribution < 1.29 is 14.3 Å². The molecule has 0 aromatic rings. The third-order valence-corrected chi connectivity index (χ3v) is 2.38. The fourth-order valence-corrected chi connectivity index (χ4v) is 1.37. The molecule has 17 heavy (non-hydrogen) atoms. The van der Waals surface area contributed by atoms with Crippen LogP contribution in [0.25, 0.3) is 0 Å². The molecule has 1 amide bonds. The number of nitrogens with zero attached hydrogens (tertiary/aromatic N) is 1. The highest BCUT2D eigenvalue weighted by molar-refractivity contribution is 5.77. The number of methoxy groups -OCH3 is 1. The molecule has 1 atom stereocenters. The van der Waals surface area contributed by atoms with Crippen LogP contribution in [0, 0.1) is 5.92 Å². The normalized spacial score (nSPS) is 13.1. The van der Waals surface area contributed by atoms with Crippen LogP contribution in [0.5, 0.6) is 0 Å². The number of ether oxygens (including phenoxy) is 2. The molecule has 5 nitrogen and oxygen atoms in total. The Kier molecular flexibility index (Phi) is 9.03. The zero-order valence-electron chi connectivity index (χ0n) is 11.7. The highest BCUT2D eigenvalue weighted by Crippen LogP contribution is 2.02. The van der Waals surface area contributed by atoms with Crippen molar-refractivity contribution >= 4 is 5.91 Å². The summed E-state index contributed by atoms with van der Waals surface area (Å²) in [6.07, 6.45) is 0. The quantitative estimate of drug-likeness (QED) is 0.597. The standard InChI is InChI=1S/C12H26N2O3/c1-10(2)11(8-14(3)4)13-12(15)9-17-7-6-16-5/h10-11H,6-9H2,1-5H3,(H,13,15). The Morgan fingerprint density at radius 1 is 1.29 bits per heavy atom. The Labute approximate surface area is 104 Å². The van der Waals surface area contributed by atoms with Crippen molar-refractivity contribution in [3.05, 3.63) is 0 Å². The van der Waals surface area contributed by atoms with Crippen molar-refractivity contribution in [2.75, 3.05) is 47.6 Å². The van der Waals surface area contributed by atoms with Gasteiger partial charge in [0.1, 0.15) is 6.61 Å². The van der Waals surface area contributed by atoms with Gasteiger partial charge in [-0.15, -0.1) is 0 Å². The molecular formula is C12H26N2O3. The lowest BCUT2D eigenvalue weighted by atomic mass is 10.0. The van der Waals surface area contributed by atoms with Gasteiger partial charge in [0.15, 0.2) is 0 Å². The highest BCUT2D eigenvalue weighted by atomic mass is 16.5. The second-order valence-electron chi connectivity index (χ2n) is 4.73. The molecule has 0 aliphatic rings. The van der Waals surface area contributed by atoms with Crippen molar-refractivity contribution in [2.45, 2.75) is 19.9 Å². The van der Waals surface area contributed by atoms with Gasteiger partial charge in [-0.25, -0.2) is 0 Å². The maximum Gasteiger partial charge on any atom is 0.246 e. The third-order valence-electron chi connectivity index (χ3n) is 2.38. The summed E-state index contributed by atoms with van der Waals surface area (Å²) in [6, 6.07) is 0.156. The van der Waals surface area contributed by atoms with Crippen LogP contribution >= 0.6 is 0 Å². The van der Waals surface area contributed by atoms with Gasteiger partial charge in [-0.05, 0) is 20.0 Å². The minimum atomic E-state index is -0.0679. The number of carbonyl (C=O) groups excluding carboxylic acids is 1. The van der Waals surface area contributed by atoms with Crippen LogP contribution in [0.2, 0.25) is 0 Å². The van der Waals surface area contributed by atoms with Gasteiger partial charge in [0.25, 0.3) is 0 Å². The fourth-order valence-electron chi connectivity index (χ4n) is 1.37. The summed E-state index contributed by atoms with van der Waals surface area (Å²) in [5.74, 6) is 0.335. The average Bonchev–Trinajstić information content (AvgIpc) is 2.22. The molecular weight excluding hydrogens is 220 g/mol. The van der Waals surface area contributed by atoms with Crippen molar-refractivity contribution in [3.8, 4) is 0 Å². The summed E-state index contributed by atoms with van der Waals surface area (Å²) in [6.45, 7) is 6.09. The van der Waals surface area contributed by atoms with Crippen molar-refractivity contribution in [3.63, 3.8) is 0 Å². The SMILES string of the molecule is COCCOCC(=O)NC(CN(C)C)C(C)C. The van der Waals surface area contributed by atoms with Crippen LogP contribution in [0.15, 0.2) is 0 Å². The molecule has 0 heterocycles. The lowest BCUT2D eigenvalue weighted by molar-refractivity contribution is -0.127. The van der Waals surface area contributed by atoms with Gasteiger partial charge in [0.2, 0.25) is 5.91 Å². The third kappa shape index (κ3) is 9.09. The molecule has 0 aromatic carbocycles. The van der Waals surface area contributed by atoms with E-state index in [-0.39, 0.29) is 18.6 Å². The Hall–Kier alpha value is -0.650. The molecule has 0 rings (SSSR count). The fraction of sp³-hybridized carbons (Fsp3) is 0.917. The lowest BCUT2D eigenvalue weighted by Gasteiger charge is -2.25. The average molecular weight is 246 g/mol. The summed E-state index contributed by atoms with van der Waals surface area (Å²) < 4.78 is 10.0. The van der Waals surface area contributed by atoms with E-state index in [2.05, 4.69) is 24.1 Å². The van der Waals surface area contributed by atoms with Gasteiger partial charge in [-0.3, -0.25) is 4.79 Å². The summed E-state index contributed by atoms with van der Waals surface area (Å²) >= 11 is 0. The first-order chi connectivity index (χ1) is 7.97. The molecule has 0 bridgehead atoms. The van der Waals surface area contributed by atoms with Crippen LogP contribution in [-0.4, -0.2) is 64.4 Å². The zero-order valence-corrected chi connectivity index (χ0v) is 11.7. The Bertz CT molecular complexity index is 208. The smallest absolute Gasteiger partial charge is 0.246 e. The second-order valence-corrected chi connectivity index (χ2v) is 4.73. The topological polar surface area (TPSA) is 50.8 Å². The number of hydrogen-bond donors (Lipinski definition) is 1. The molecule has 5 heteroatoms. The second kappa shape index (κ2) is 9.39. The zero-order chi connectivity index (χ0) is 13.3. The number of nitrogens with one attached hydrogen (secondary N) is 1.